The molecular formula is C70H50N2O3. The van der Waals surface area contributed by atoms with E-state index in [-0.39, 0.29) is 12.0 Å². The number of hydrogen-bond acceptors (Lipinski definition) is 4. The lowest BCUT2D eigenvalue weighted by atomic mass is 9.78. The van der Waals surface area contributed by atoms with E-state index in [1.165, 1.54) is 44.1 Å². The second kappa shape index (κ2) is 17.2. The topological polar surface area (TPSA) is 56.7 Å². The molecule has 2 atom stereocenters. The predicted octanol–water partition coefficient (Wildman–Crippen LogP) is 19.6. The Hall–Kier alpha value is -9.19. The van der Waals surface area contributed by atoms with E-state index in [1.807, 2.05) is 6.07 Å². The molecule has 0 spiro atoms. The molecule has 358 valence electrons. The zero-order valence-corrected chi connectivity index (χ0v) is 41.7. The summed E-state index contributed by atoms with van der Waals surface area (Å²) in [7, 11) is 0. The fourth-order valence-corrected chi connectivity index (χ4v) is 12.7. The van der Waals surface area contributed by atoms with Crippen LogP contribution in [0.25, 0.3) is 121 Å². The Morgan fingerprint density at radius 1 is 0.440 bits per heavy atom. The number of rotatable bonds is 7. The van der Waals surface area contributed by atoms with Crippen LogP contribution in [0, 0.1) is 5.92 Å². The summed E-state index contributed by atoms with van der Waals surface area (Å²) in [6.07, 6.45) is 2.56. The molecule has 0 N–H and O–H groups in total. The van der Waals surface area contributed by atoms with Crippen molar-refractivity contribution in [3.63, 3.8) is 0 Å². The minimum atomic E-state index is -0.134. The SMILES string of the molecule is CCC1CC(c2cccc3oc4ccc(-c5cccc6oc7ccc(-c8ccc9c(c8)c8ccccc8n9-c8ccccc8)cc7c56)cc4c23)N=C(c2ccccc2)CC(C)=C1c1ccc2c(c1)oc1ccccc12. The van der Waals surface area contributed by atoms with E-state index < -0.39 is 0 Å². The smallest absolute Gasteiger partial charge is 0.136 e. The van der Waals surface area contributed by atoms with Gasteiger partial charge in [-0.25, -0.2) is 0 Å². The number of allylic oxidation sites excluding steroid dienone is 2. The van der Waals surface area contributed by atoms with Crippen LogP contribution in [0.4, 0.5) is 0 Å². The van der Waals surface area contributed by atoms with E-state index in [2.05, 4.69) is 231 Å². The van der Waals surface area contributed by atoms with Gasteiger partial charge in [-0.1, -0.05) is 146 Å². The Kier molecular flexibility index (Phi) is 9.96. The van der Waals surface area contributed by atoms with Gasteiger partial charge in [0.2, 0.25) is 0 Å². The molecule has 2 unspecified atom stereocenters. The zero-order chi connectivity index (χ0) is 49.7. The first-order valence-electron chi connectivity index (χ1n) is 26.3. The molecule has 75 heavy (non-hydrogen) atoms. The van der Waals surface area contributed by atoms with Gasteiger partial charge in [0.25, 0.3) is 0 Å². The molecule has 1 aliphatic heterocycles. The normalized spacial score (nSPS) is 15.6. The standard InChI is InChI=1S/C70H50N2O3/c1-3-43-40-59(71-58(44-16-6-4-7-17-44)36-42(2)68(43)48-28-32-53-52-21-11-13-25-62(52)75-67(53)41-48)54-23-15-27-66-70(54)57-39-47(31-35-64(57)74-66)50-22-14-26-65-69(50)56-38-46(30-34-63(56)73-65)45-29-33-61-55(37-45)51-20-10-12-24-60(51)72(61)49-18-8-5-9-19-49/h4-35,37-39,41,43,59H,3,36,40H2,1-2H3. The van der Waals surface area contributed by atoms with Gasteiger partial charge in [-0.3, -0.25) is 4.99 Å². The predicted molar refractivity (Wildman–Crippen MR) is 311 cm³/mol. The van der Waals surface area contributed by atoms with Crippen LogP contribution < -0.4 is 0 Å². The first-order chi connectivity index (χ1) is 37.0. The lowest BCUT2D eigenvalue weighted by Gasteiger charge is -2.29. The summed E-state index contributed by atoms with van der Waals surface area (Å²) in [5.41, 5.74) is 20.7. The average Bonchev–Trinajstić information content (AvgIpc) is 4.23. The lowest BCUT2D eigenvalue weighted by molar-refractivity contribution is 0.514. The van der Waals surface area contributed by atoms with Crippen molar-refractivity contribution in [2.75, 3.05) is 0 Å². The molecule has 0 amide bonds. The van der Waals surface area contributed by atoms with Crippen LogP contribution in [0.5, 0.6) is 0 Å². The van der Waals surface area contributed by atoms with Gasteiger partial charge < -0.3 is 17.8 Å². The molecule has 5 heteroatoms. The van der Waals surface area contributed by atoms with Gasteiger partial charge in [-0.2, -0.15) is 0 Å². The van der Waals surface area contributed by atoms with Gasteiger partial charge >= 0.3 is 0 Å². The highest BCUT2D eigenvalue weighted by Crippen LogP contribution is 2.47. The van der Waals surface area contributed by atoms with E-state index >= 15 is 0 Å². The summed E-state index contributed by atoms with van der Waals surface area (Å²) < 4.78 is 22.3. The Bertz CT molecular complexity index is 4660. The number of furan rings is 3. The summed E-state index contributed by atoms with van der Waals surface area (Å²) >= 11 is 0. The maximum absolute atomic E-state index is 6.77. The molecule has 10 aromatic carbocycles. The molecular weight excluding hydrogens is 917 g/mol. The van der Waals surface area contributed by atoms with Gasteiger partial charge in [0, 0.05) is 60.9 Å². The van der Waals surface area contributed by atoms with Crippen LogP contribution in [0.1, 0.15) is 55.8 Å². The third kappa shape index (κ3) is 7.02. The van der Waals surface area contributed by atoms with Crippen molar-refractivity contribution in [2.24, 2.45) is 10.9 Å². The highest BCUT2D eigenvalue weighted by Gasteiger charge is 2.29. The number of aliphatic imine (C=N–C) groups is 1. The molecule has 0 radical (unpaired) electrons. The van der Waals surface area contributed by atoms with E-state index in [0.717, 1.165) is 124 Å². The molecule has 1 aliphatic rings. The Balaban J connectivity index is 0.853. The second-order valence-corrected chi connectivity index (χ2v) is 20.4. The highest BCUT2D eigenvalue weighted by molar-refractivity contribution is 6.16. The van der Waals surface area contributed by atoms with E-state index in [4.69, 9.17) is 18.2 Å². The van der Waals surface area contributed by atoms with Gasteiger partial charge in [0.1, 0.15) is 33.5 Å². The lowest BCUT2D eigenvalue weighted by Crippen LogP contribution is -2.16. The maximum Gasteiger partial charge on any atom is 0.136 e. The highest BCUT2D eigenvalue weighted by atomic mass is 16.3. The fraction of sp³-hybridized carbons (Fsp3) is 0.100. The molecule has 0 saturated heterocycles. The minimum absolute atomic E-state index is 0.134. The second-order valence-electron chi connectivity index (χ2n) is 20.4. The van der Waals surface area contributed by atoms with Crippen molar-refractivity contribution in [1.82, 2.24) is 4.57 Å². The summed E-state index contributed by atoms with van der Waals surface area (Å²) in [4.78, 5) is 5.81. The van der Waals surface area contributed by atoms with Gasteiger partial charge in [-0.15, -0.1) is 0 Å². The molecule has 14 aromatic rings. The van der Waals surface area contributed by atoms with E-state index in [1.54, 1.807) is 0 Å². The van der Waals surface area contributed by atoms with Crippen molar-refractivity contribution in [3.8, 4) is 27.9 Å². The third-order valence-corrected chi connectivity index (χ3v) is 16.1. The zero-order valence-electron chi connectivity index (χ0n) is 41.7. The number of hydrogen-bond donors (Lipinski definition) is 0. The number of aromatic nitrogens is 1. The Morgan fingerprint density at radius 3 is 1.84 bits per heavy atom. The fourth-order valence-electron chi connectivity index (χ4n) is 12.7. The molecule has 0 saturated carbocycles. The summed E-state index contributed by atoms with van der Waals surface area (Å²) in [6, 6.07) is 78.3. The third-order valence-electron chi connectivity index (χ3n) is 16.1. The first kappa shape index (κ1) is 43.4. The van der Waals surface area contributed by atoms with E-state index in [0.29, 0.717) is 0 Å². The van der Waals surface area contributed by atoms with Crippen LogP contribution >= 0.6 is 0 Å². The molecule has 5 nitrogen and oxygen atoms in total. The maximum atomic E-state index is 6.77. The van der Waals surface area contributed by atoms with Crippen LogP contribution in [0.15, 0.2) is 242 Å². The Morgan fingerprint density at radius 2 is 1.03 bits per heavy atom. The van der Waals surface area contributed by atoms with Gasteiger partial charge in [0.05, 0.1) is 17.1 Å². The first-order valence-corrected chi connectivity index (χ1v) is 26.3. The monoisotopic (exact) mass is 966 g/mol. The van der Waals surface area contributed by atoms with Crippen LogP contribution in [-0.4, -0.2) is 10.3 Å². The number of para-hydroxylation sites is 3. The van der Waals surface area contributed by atoms with Gasteiger partial charge in [0.15, 0.2) is 0 Å². The summed E-state index contributed by atoms with van der Waals surface area (Å²) in [6.45, 7) is 4.63. The molecule has 0 bridgehead atoms. The van der Waals surface area contributed by atoms with Crippen molar-refractivity contribution in [2.45, 2.75) is 39.2 Å². The largest absolute Gasteiger partial charge is 0.456 e. The van der Waals surface area contributed by atoms with Crippen molar-refractivity contribution < 1.29 is 13.3 Å². The number of benzene rings is 10. The number of fused-ring (bicyclic) bond motifs is 12. The average molecular weight is 967 g/mol. The molecule has 4 aromatic heterocycles. The molecule has 5 heterocycles. The van der Waals surface area contributed by atoms with Crippen LogP contribution in [0.3, 0.4) is 0 Å². The van der Waals surface area contributed by atoms with Crippen molar-refractivity contribution in [3.05, 3.63) is 241 Å². The van der Waals surface area contributed by atoms with Crippen LogP contribution in [-0.2, 0) is 0 Å². The number of nitrogens with zero attached hydrogens (tertiary/aromatic N) is 2. The molecule has 0 fully saturated rings. The van der Waals surface area contributed by atoms with E-state index in [9.17, 15) is 0 Å². The van der Waals surface area contributed by atoms with Crippen molar-refractivity contribution in [1.29, 1.82) is 0 Å². The Labute approximate surface area is 433 Å². The quantitative estimate of drug-likeness (QED) is 0.160. The summed E-state index contributed by atoms with van der Waals surface area (Å²) in [5, 5.41) is 9.14. The summed E-state index contributed by atoms with van der Waals surface area (Å²) in [5.74, 6) is 0.246. The van der Waals surface area contributed by atoms with Crippen molar-refractivity contribution >= 4 is 98.9 Å². The van der Waals surface area contributed by atoms with Crippen LogP contribution in [0.2, 0.25) is 0 Å². The molecule has 0 aliphatic carbocycles. The van der Waals surface area contributed by atoms with Gasteiger partial charge in [-0.05, 0) is 155 Å². The minimum Gasteiger partial charge on any atom is -0.456 e. The molecule has 15 rings (SSSR count).